The predicted molar refractivity (Wildman–Crippen MR) is 123 cm³/mol. The zero-order chi connectivity index (χ0) is 18.7. The minimum absolute atomic E-state index is 0. The summed E-state index contributed by atoms with van der Waals surface area (Å²) in [6, 6.07) is 12.2. The van der Waals surface area contributed by atoms with E-state index in [0.717, 1.165) is 22.8 Å². The third-order valence-electron chi connectivity index (χ3n) is 4.80. The number of rotatable bonds is 6. The normalized spacial score (nSPS) is 15.0. The number of nitrogens with one attached hydrogen (secondary N) is 3. The molecule has 3 aromatic rings. The van der Waals surface area contributed by atoms with Crippen molar-refractivity contribution in [1.29, 1.82) is 0 Å². The fourth-order valence-corrected chi connectivity index (χ4v) is 3.47. The summed E-state index contributed by atoms with van der Waals surface area (Å²) >= 11 is 3.56. The van der Waals surface area contributed by atoms with E-state index in [1.807, 2.05) is 12.1 Å². The molecule has 1 aliphatic carbocycles. The molecule has 7 nitrogen and oxygen atoms in total. The van der Waals surface area contributed by atoms with Crippen molar-refractivity contribution in [3.05, 3.63) is 58.5 Å². The van der Waals surface area contributed by atoms with E-state index in [0.29, 0.717) is 18.1 Å². The van der Waals surface area contributed by atoms with Crippen LogP contribution in [-0.4, -0.2) is 34.7 Å². The van der Waals surface area contributed by atoms with Crippen LogP contribution in [0.15, 0.2) is 56.5 Å². The smallest absolute Gasteiger partial charge is 0.216 e. The SMILES string of the molecule is CN=C(NCc1nc(-c2ccco2)n[nH]1)NCC1(c2cccc(Br)c2)CC1.I. The molecule has 3 N–H and O–H groups in total. The molecule has 0 spiro atoms. The summed E-state index contributed by atoms with van der Waals surface area (Å²) in [5, 5.41) is 13.8. The van der Waals surface area contributed by atoms with Gasteiger partial charge < -0.3 is 15.1 Å². The van der Waals surface area contributed by atoms with Gasteiger partial charge in [0.1, 0.15) is 5.82 Å². The quantitative estimate of drug-likeness (QED) is 0.244. The predicted octanol–water partition coefficient (Wildman–Crippen LogP) is 3.84. The maximum absolute atomic E-state index is 5.31. The summed E-state index contributed by atoms with van der Waals surface area (Å²) in [6.45, 7) is 1.34. The average Bonchev–Trinajstić information content (AvgIpc) is 3.08. The van der Waals surface area contributed by atoms with Crippen molar-refractivity contribution >= 4 is 45.9 Å². The first-order valence-corrected chi connectivity index (χ1v) is 9.64. The lowest BCUT2D eigenvalue weighted by molar-refractivity contribution is 0.577. The number of nitrogens with zero attached hydrogens (tertiary/aromatic N) is 3. The highest BCUT2D eigenvalue weighted by Gasteiger charge is 2.44. The lowest BCUT2D eigenvalue weighted by atomic mass is 9.96. The van der Waals surface area contributed by atoms with Crippen molar-refractivity contribution < 1.29 is 4.42 Å². The number of H-pyrrole nitrogens is 1. The molecule has 0 bridgehead atoms. The largest absolute Gasteiger partial charge is 0.461 e. The van der Waals surface area contributed by atoms with E-state index in [1.54, 1.807) is 13.3 Å². The maximum Gasteiger partial charge on any atom is 0.216 e. The van der Waals surface area contributed by atoms with Crippen LogP contribution in [0.1, 0.15) is 24.2 Å². The second kappa shape index (κ2) is 9.08. The van der Waals surface area contributed by atoms with Crippen LogP contribution < -0.4 is 10.6 Å². The Morgan fingerprint density at radius 2 is 2.14 bits per heavy atom. The van der Waals surface area contributed by atoms with E-state index in [4.69, 9.17) is 4.42 Å². The molecule has 148 valence electrons. The Balaban J connectivity index is 0.00000225. The Labute approximate surface area is 189 Å². The minimum Gasteiger partial charge on any atom is -0.461 e. The van der Waals surface area contributed by atoms with Crippen LogP contribution in [0.3, 0.4) is 0 Å². The summed E-state index contributed by atoms with van der Waals surface area (Å²) in [7, 11) is 1.77. The molecule has 1 aromatic carbocycles. The second-order valence-electron chi connectivity index (χ2n) is 6.65. The van der Waals surface area contributed by atoms with Crippen molar-refractivity contribution in [2.75, 3.05) is 13.6 Å². The van der Waals surface area contributed by atoms with Gasteiger partial charge in [-0.05, 0) is 42.7 Å². The van der Waals surface area contributed by atoms with Gasteiger partial charge in [0.2, 0.25) is 5.82 Å². The van der Waals surface area contributed by atoms with Crippen molar-refractivity contribution in [3.8, 4) is 11.6 Å². The Hall–Kier alpha value is -1.88. The van der Waals surface area contributed by atoms with Crippen molar-refractivity contribution in [2.24, 2.45) is 4.99 Å². The number of aromatic nitrogens is 3. The van der Waals surface area contributed by atoms with Crippen LogP contribution in [0.4, 0.5) is 0 Å². The van der Waals surface area contributed by atoms with Crippen molar-refractivity contribution in [3.63, 3.8) is 0 Å². The van der Waals surface area contributed by atoms with E-state index in [2.05, 4.69) is 71.0 Å². The molecule has 1 aliphatic rings. The monoisotopic (exact) mass is 556 g/mol. The zero-order valence-electron chi connectivity index (χ0n) is 15.4. The van der Waals surface area contributed by atoms with Crippen molar-refractivity contribution in [1.82, 2.24) is 25.8 Å². The van der Waals surface area contributed by atoms with E-state index < -0.39 is 0 Å². The standard InChI is InChI=1S/C19H21BrN6O.HI/c1-21-18(22-11-16-24-17(26-25-16)15-6-3-9-27-15)23-12-19(7-8-19)13-4-2-5-14(20)10-13;/h2-6,9-10H,7-8,11-12H2,1H3,(H2,21,22,23)(H,24,25,26);1H. The molecule has 0 atom stereocenters. The van der Waals surface area contributed by atoms with Gasteiger partial charge in [-0.3, -0.25) is 10.1 Å². The summed E-state index contributed by atoms with van der Waals surface area (Å²) in [5.41, 5.74) is 1.55. The first-order valence-electron chi connectivity index (χ1n) is 8.84. The number of benzene rings is 1. The number of hydrogen-bond acceptors (Lipinski definition) is 4. The van der Waals surface area contributed by atoms with Crippen LogP contribution in [0.5, 0.6) is 0 Å². The first-order chi connectivity index (χ1) is 13.2. The highest BCUT2D eigenvalue weighted by molar-refractivity contribution is 14.0. The number of aliphatic imine (C=N–C) groups is 1. The number of guanidine groups is 1. The summed E-state index contributed by atoms with van der Waals surface area (Å²) in [5.74, 6) is 2.65. The van der Waals surface area contributed by atoms with E-state index >= 15 is 0 Å². The average molecular weight is 557 g/mol. The van der Waals surface area contributed by atoms with Gasteiger partial charge in [-0.2, -0.15) is 0 Å². The molecule has 0 radical (unpaired) electrons. The topological polar surface area (TPSA) is 91.1 Å². The van der Waals surface area contributed by atoms with E-state index in [1.165, 1.54) is 18.4 Å². The Morgan fingerprint density at radius 1 is 1.29 bits per heavy atom. The molecule has 2 aromatic heterocycles. The third-order valence-corrected chi connectivity index (χ3v) is 5.30. The maximum atomic E-state index is 5.31. The molecule has 0 amide bonds. The molecule has 4 rings (SSSR count). The molecule has 9 heteroatoms. The molecule has 2 heterocycles. The molecular weight excluding hydrogens is 535 g/mol. The second-order valence-corrected chi connectivity index (χ2v) is 7.57. The van der Waals surface area contributed by atoms with Gasteiger partial charge in [-0.15, -0.1) is 29.1 Å². The van der Waals surface area contributed by atoms with Gasteiger partial charge in [-0.25, -0.2) is 4.98 Å². The number of aromatic amines is 1. The van der Waals surface area contributed by atoms with Gasteiger partial charge in [0, 0.05) is 23.5 Å². The zero-order valence-corrected chi connectivity index (χ0v) is 19.3. The van der Waals surface area contributed by atoms with Crippen LogP contribution in [-0.2, 0) is 12.0 Å². The number of hydrogen-bond donors (Lipinski definition) is 3. The number of halogens is 2. The first kappa shape index (κ1) is 20.8. The van der Waals surface area contributed by atoms with E-state index in [-0.39, 0.29) is 29.4 Å². The van der Waals surface area contributed by atoms with Gasteiger partial charge in [-0.1, -0.05) is 28.1 Å². The van der Waals surface area contributed by atoms with Crippen LogP contribution >= 0.6 is 39.9 Å². The Bertz CT molecular complexity index is 936. The summed E-state index contributed by atoms with van der Waals surface area (Å²) in [6.07, 6.45) is 3.97. The molecule has 1 saturated carbocycles. The summed E-state index contributed by atoms with van der Waals surface area (Å²) < 4.78 is 6.43. The van der Waals surface area contributed by atoms with Crippen LogP contribution in [0.25, 0.3) is 11.6 Å². The van der Waals surface area contributed by atoms with Crippen molar-refractivity contribution in [2.45, 2.75) is 24.8 Å². The van der Waals surface area contributed by atoms with E-state index in [9.17, 15) is 0 Å². The highest BCUT2D eigenvalue weighted by Crippen LogP contribution is 2.48. The fourth-order valence-electron chi connectivity index (χ4n) is 3.07. The molecular formula is C19H22BrIN6O. The van der Waals surface area contributed by atoms with Gasteiger partial charge in [0.15, 0.2) is 11.7 Å². The Morgan fingerprint density at radius 3 is 2.82 bits per heavy atom. The summed E-state index contributed by atoms with van der Waals surface area (Å²) in [4.78, 5) is 8.73. The van der Waals surface area contributed by atoms with Gasteiger partial charge in [0.05, 0.1) is 12.8 Å². The number of furan rings is 1. The molecule has 0 saturated heterocycles. The fraction of sp³-hybridized carbons (Fsp3) is 0.316. The molecule has 28 heavy (non-hydrogen) atoms. The lowest BCUT2D eigenvalue weighted by Crippen LogP contribution is -2.41. The minimum atomic E-state index is 0. The molecule has 1 fully saturated rings. The third kappa shape index (κ3) is 4.75. The Kier molecular flexibility index (Phi) is 6.76. The van der Waals surface area contributed by atoms with Gasteiger partial charge in [0.25, 0.3) is 0 Å². The highest BCUT2D eigenvalue weighted by atomic mass is 127. The van der Waals surface area contributed by atoms with Crippen LogP contribution in [0.2, 0.25) is 0 Å². The van der Waals surface area contributed by atoms with Crippen LogP contribution in [0, 0.1) is 0 Å². The molecule has 0 unspecified atom stereocenters. The molecule has 0 aliphatic heterocycles. The lowest BCUT2D eigenvalue weighted by Gasteiger charge is -2.19. The van der Waals surface area contributed by atoms with Gasteiger partial charge >= 0.3 is 0 Å².